The number of hydrogen-bond acceptors (Lipinski definition) is 2. The van der Waals surface area contributed by atoms with Crippen molar-refractivity contribution in [3.05, 3.63) is 53.1 Å². The summed E-state index contributed by atoms with van der Waals surface area (Å²) in [7, 11) is 1.71. The fourth-order valence-electron chi connectivity index (χ4n) is 2.15. The molecule has 4 heteroatoms. The summed E-state index contributed by atoms with van der Waals surface area (Å²) in [6.45, 7) is 5.87. The SMILES string of the molecule is Cc1cc(-c2cccc(C)c2C)ccc1S(=O)(=O)Cl. The van der Waals surface area contributed by atoms with Gasteiger partial charge in [0.15, 0.2) is 0 Å². The molecule has 19 heavy (non-hydrogen) atoms. The van der Waals surface area contributed by atoms with E-state index in [2.05, 4.69) is 19.9 Å². The average molecular weight is 295 g/mol. The van der Waals surface area contributed by atoms with Crippen LogP contribution in [0.5, 0.6) is 0 Å². The van der Waals surface area contributed by atoms with E-state index in [1.54, 1.807) is 19.1 Å². The van der Waals surface area contributed by atoms with E-state index < -0.39 is 9.05 Å². The minimum atomic E-state index is -3.68. The van der Waals surface area contributed by atoms with E-state index in [-0.39, 0.29) is 4.90 Å². The third kappa shape index (κ3) is 2.82. The molecule has 0 radical (unpaired) electrons. The Balaban J connectivity index is 2.60. The van der Waals surface area contributed by atoms with Crippen molar-refractivity contribution in [3.8, 4) is 11.1 Å². The highest BCUT2D eigenvalue weighted by Crippen LogP contribution is 2.29. The lowest BCUT2D eigenvalue weighted by molar-refractivity contribution is 0.609. The quantitative estimate of drug-likeness (QED) is 0.778. The predicted molar refractivity (Wildman–Crippen MR) is 79.1 cm³/mol. The normalized spacial score (nSPS) is 11.6. The lowest BCUT2D eigenvalue weighted by Gasteiger charge is -2.11. The van der Waals surface area contributed by atoms with Crippen molar-refractivity contribution < 1.29 is 8.42 Å². The highest BCUT2D eigenvalue weighted by atomic mass is 35.7. The van der Waals surface area contributed by atoms with Crippen LogP contribution in [0.4, 0.5) is 0 Å². The first kappa shape index (κ1) is 14.1. The van der Waals surface area contributed by atoms with E-state index in [1.807, 2.05) is 18.2 Å². The van der Waals surface area contributed by atoms with Gasteiger partial charge in [0.2, 0.25) is 0 Å². The van der Waals surface area contributed by atoms with Crippen LogP contribution in [0.25, 0.3) is 11.1 Å². The largest absolute Gasteiger partial charge is 0.261 e. The summed E-state index contributed by atoms with van der Waals surface area (Å²) < 4.78 is 22.8. The minimum Gasteiger partial charge on any atom is -0.207 e. The Hall–Kier alpha value is -1.32. The third-order valence-corrected chi connectivity index (χ3v) is 4.84. The van der Waals surface area contributed by atoms with Crippen molar-refractivity contribution in [3.63, 3.8) is 0 Å². The van der Waals surface area contributed by atoms with Gasteiger partial charge in [0.1, 0.15) is 0 Å². The molecule has 0 saturated carbocycles. The molecule has 0 fully saturated rings. The van der Waals surface area contributed by atoms with Gasteiger partial charge in [-0.05, 0) is 54.7 Å². The summed E-state index contributed by atoms with van der Waals surface area (Å²) in [5.74, 6) is 0. The van der Waals surface area contributed by atoms with Crippen LogP contribution in [-0.4, -0.2) is 8.42 Å². The second-order valence-corrected chi connectivity index (χ2v) is 7.20. The van der Waals surface area contributed by atoms with Gasteiger partial charge in [-0.25, -0.2) is 8.42 Å². The van der Waals surface area contributed by atoms with Crippen LogP contribution in [0, 0.1) is 20.8 Å². The third-order valence-electron chi connectivity index (χ3n) is 3.35. The Kier molecular flexibility index (Phi) is 3.70. The maximum Gasteiger partial charge on any atom is 0.261 e. The van der Waals surface area contributed by atoms with Crippen molar-refractivity contribution >= 4 is 19.7 Å². The van der Waals surface area contributed by atoms with Gasteiger partial charge < -0.3 is 0 Å². The second kappa shape index (κ2) is 4.99. The standard InChI is InChI=1S/C15H15ClO2S/c1-10-5-4-6-14(12(10)3)13-7-8-15(11(2)9-13)19(16,17)18/h4-9H,1-3H3. The van der Waals surface area contributed by atoms with Crippen LogP contribution in [0.1, 0.15) is 16.7 Å². The van der Waals surface area contributed by atoms with Gasteiger partial charge in [-0.2, -0.15) is 0 Å². The molecule has 0 aromatic heterocycles. The van der Waals surface area contributed by atoms with Crippen molar-refractivity contribution in [2.45, 2.75) is 25.7 Å². The Morgan fingerprint density at radius 2 is 1.63 bits per heavy atom. The fourth-order valence-corrected chi connectivity index (χ4v) is 3.35. The zero-order valence-corrected chi connectivity index (χ0v) is 12.6. The molecule has 0 atom stereocenters. The van der Waals surface area contributed by atoms with Crippen LogP contribution >= 0.6 is 10.7 Å². The molecule has 0 aliphatic carbocycles. The molecule has 0 saturated heterocycles. The number of aryl methyl sites for hydroxylation is 2. The second-order valence-electron chi connectivity index (χ2n) is 4.67. The van der Waals surface area contributed by atoms with E-state index in [0.717, 1.165) is 11.1 Å². The van der Waals surface area contributed by atoms with E-state index in [1.165, 1.54) is 11.1 Å². The molecule has 2 nitrogen and oxygen atoms in total. The average Bonchev–Trinajstić information content (AvgIpc) is 2.31. The predicted octanol–water partition coefficient (Wildman–Crippen LogP) is 4.21. The molecule has 0 aliphatic rings. The van der Waals surface area contributed by atoms with Gasteiger partial charge in [-0.1, -0.05) is 30.3 Å². The topological polar surface area (TPSA) is 34.1 Å². The Morgan fingerprint density at radius 3 is 2.21 bits per heavy atom. The van der Waals surface area contributed by atoms with Crippen molar-refractivity contribution in [1.82, 2.24) is 0 Å². The maximum atomic E-state index is 11.4. The Labute approximate surface area is 118 Å². The van der Waals surface area contributed by atoms with Gasteiger partial charge >= 0.3 is 0 Å². The van der Waals surface area contributed by atoms with Crippen molar-refractivity contribution in [2.24, 2.45) is 0 Å². The molecule has 2 rings (SSSR count). The molecular weight excluding hydrogens is 280 g/mol. The van der Waals surface area contributed by atoms with Gasteiger partial charge in [0.25, 0.3) is 9.05 Å². The van der Waals surface area contributed by atoms with E-state index >= 15 is 0 Å². The van der Waals surface area contributed by atoms with Crippen LogP contribution in [0.2, 0.25) is 0 Å². The summed E-state index contributed by atoms with van der Waals surface area (Å²) in [6.07, 6.45) is 0. The molecular formula is C15H15ClO2S. The molecule has 0 heterocycles. The van der Waals surface area contributed by atoms with Crippen molar-refractivity contribution in [2.75, 3.05) is 0 Å². The molecule has 0 unspecified atom stereocenters. The van der Waals surface area contributed by atoms with Crippen LogP contribution in [0.15, 0.2) is 41.3 Å². The number of rotatable bonds is 2. The van der Waals surface area contributed by atoms with Gasteiger partial charge in [0.05, 0.1) is 4.90 Å². The van der Waals surface area contributed by atoms with Gasteiger partial charge in [-0.15, -0.1) is 0 Å². The van der Waals surface area contributed by atoms with Crippen LogP contribution < -0.4 is 0 Å². The first-order valence-corrected chi connectivity index (χ1v) is 8.23. The first-order valence-electron chi connectivity index (χ1n) is 5.92. The first-order chi connectivity index (χ1) is 8.80. The smallest absolute Gasteiger partial charge is 0.207 e. The molecule has 2 aromatic rings. The fraction of sp³-hybridized carbons (Fsp3) is 0.200. The molecule has 2 aromatic carbocycles. The summed E-state index contributed by atoms with van der Waals surface area (Å²) >= 11 is 0. The van der Waals surface area contributed by atoms with Crippen LogP contribution in [0.3, 0.4) is 0 Å². The lowest BCUT2D eigenvalue weighted by atomic mass is 9.96. The molecule has 0 spiro atoms. The summed E-state index contributed by atoms with van der Waals surface area (Å²) in [6, 6.07) is 11.3. The summed E-state index contributed by atoms with van der Waals surface area (Å²) in [5, 5.41) is 0. The minimum absolute atomic E-state index is 0.170. The monoisotopic (exact) mass is 294 g/mol. The van der Waals surface area contributed by atoms with Crippen LogP contribution in [-0.2, 0) is 9.05 Å². The molecule has 0 aliphatic heterocycles. The van der Waals surface area contributed by atoms with E-state index in [0.29, 0.717) is 5.56 Å². The summed E-state index contributed by atoms with van der Waals surface area (Å²) in [4.78, 5) is 0.170. The van der Waals surface area contributed by atoms with Crippen molar-refractivity contribution in [1.29, 1.82) is 0 Å². The zero-order chi connectivity index (χ0) is 14.2. The highest BCUT2D eigenvalue weighted by molar-refractivity contribution is 8.13. The number of hydrogen-bond donors (Lipinski definition) is 0. The Morgan fingerprint density at radius 1 is 0.947 bits per heavy atom. The van der Waals surface area contributed by atoms with E-state index in [9.17, 15) is 8.42 Å². The van der Waals surface area contributed by atoms with Gasteiger partial charge in [-0.3, -0.25) is 0 Å². The van der Waals surface area contributed by atoms with E-state index in [4.69, 9.17) is 10.7 Å². The molecule has 100 valence electrons. The zero-order valence-electron chi connectivity index (χ0n) is 11.1. The highest BCUT2D eigenvalue weighted by Gasteiger charge is 2.14. The number of benzene rings is 2. The Bertz CT molecular complexity index is 734. The lowest BCUT2D eigenvalue weighted by Crippen LogP contribution is -1.95. The molecule has 0 bridgehead atoms. The van der Waals surface area contributed by atoms with Gasteiger partial charge in [0, 0.05) is 10.7 Å². The molecule has 0 N–H and O–H groups in total. The number of halogens is 1. The maximum absolute atomic E-state index is 11.4. The summed E-state index contributed by atoms with van der Waals surface area (Å²) in [5.41, 5.74) is 5.19. The molecule has 0 amide bonds.